The highest BCUT2D eigenvalue weighted by atomic mass is 19.4. The Kier molecular flexibility index (Phi) is 4.43. The minimum Gasteiger partial charge on any atom is -0.307 e. The molecule has 1 saturated heterocycles. The Morgan fingerprint density at radius 1 is 1.10 bits per heavy atom. The summed E-state index contributed by atoms with van der Waals surface area (Å²) in [7, 11) is 0. The lowest BCUT2D eigenvalue weighted by Gasteiger charge is -2.40. The van der Waals surface area contributed by atoms with E-state index in [-0.39, 0.29) is 5.92 Å². The van der Waals surface area contributed by atoms with Crippen molar-refractivity contribution in [2.75, 3.05) is 6.54 Å². The number of hydrogen-bond donors (Lipinski definition) is 1. The van der Waals surface area contributed by atoms with E-state index in [4.69, 9.17) is 0 Å². The van der Waals surface area contributed by atoms with Crippen LogP contribution in [0.5, 0.6) is 0 Å². The molecule has 0 amide bonds. The van der Waals surface area contributed by atoms with E-state index in [1.807, 2.05) is 13.8 Å². The standard InChI is InChI=1S/C16H22F3N/c1-12(2)15(10-6-3-7-11-20-15)13-8-4-5-9-14(13)16(17,18)19/h4-5,8-9,12,20H,3,6-7,10-11H2,1-2H3. The van der Waals surface area contributed by atoms with Gasteiger partial charge in [-0.1, -0.05) is 44.9 Å². The van der Waals surface area contributed by atoms with Crippen LogP contribution in [0, 0.1) is 5.92 Å². The lowest BCUT2D eigenvalue weighted by atomic mass is 9.74. The Labute approximate surface area is 118 Å². The van der Waals surface area contributed by atoms with Crippen molar-refractivity contribution in [2.45, 2.75) is 51.2 Å². The average Bonchev–Trinajstić information content (AvgIpc) is 2.64. The van der Waals surface area contributed by atoms with Crippen LogP contribution in [-0.2, 0) is 11.7 Å². The van der Waals surface area contributed by atoms with Gasteiger partial charge in [0.15, 0.2) is 0 Å². The zero-order valence-corrected chi connectivity index (χ0v) is 12.1. The van der Waals surface area contributed by atoms with Gasteiger partial charge in [-0.05, 0) is 36.9 Å². The molecule has 1 aliphatic rings. The highest BCUT2D eigenvalue weighted by Crippen LogP contribution is 2.43. The van der Waals surface area contributed by atoms with E-state index in [2.05, 4.69) is 5.32 Å². The fourth-order valence-corrected chi connectivity index (χ4v) is 3.26. The van der Waals surface area contributed by atoms with Gasteiger partial charge in [-0.15, -0.1) is 0 Å². The lowest BCUT2D eigenvalue weighted by molar-refractivity contribution is -0.139. The van der Waals surface area contributed by atoms with Gasteiger partial charge in [0.2, 0.25) is 0 Å². The van der Waals surface area contributed by atoms with Gasteiger partial charge in [0.05, 0.1) is 5.56 Å². The monoisotopic (exact) mass is 285 g/mol. The third kappa shape index (κ3) is 2.85. The second-order valence-electron chi connectivity index (χ2n) is 5.91. The predicted octanol–water partition coefficient (Wildman–Crippen LogP) is 4.72. The smallest absolute Gasteiger partial charge is 0.307 e. The van der Waals surface area contributed by atoms with Crippen LogP contribution in [0.1, 0.15) is 50.7 Å². The van der Waals surface area contributed by atoms with Crippen LogP contribution in [0.2, 0.25) is 0 Å². The molecule has 0 saturated carbocycles. The molecule has 1 aliphatic heterocycles. The molecule has 0 spiro atoms. The van der Waals surface area contributed by atoms with Crippen molar-refractivity contribution in [3.8, 4) is 0 Å². The van der Waals surface area contributed by atoms with E-state index in [0.717, 1.165) is 32.2 Å². The van der Waals surface area contributed by atoms with Crippen molar-refractivity contribution >= 4 is 0 Å². The van der Waals surface area contributed by atoms with Gasteiger partial charge >= 0.3 is 6.18 Å². The van der Waals surface area contributed by atoms with Crippen molar-refractivity contribution < 1.29 is 13.2 Å². The SMILES string of the molecule is CC(C)C1(c2ccccc2C(F)(F)F)CCCCCN1. The van der Waals surface area contributed by atoms with Gasteiger partial charge in [-0.25, -0.2) is 0 Å². The Morgan fingerprint density at radius 2 is 1.80 bits per heavy atom. The maximum absolute atomic E-state index is 13.3. The molecule has 1 nitrogen and oxygen atoms in total. The third-order valence-corrected chi connectivity index (χ3v) is 4.39. The topological polar surface area (TPSA) is 12.0 Å². The van der Waals surface area contributed by atoms with Crippen molar-refractivity contribution in [3.63, 3.8) is 0 Å². The van der Waals surface area contributed by atoms with Crippen LogP contribution >= 0.6 is 0 Å². The van der Waals surface area contributed by atoms with Crippen LogP contribution < -0.4 is 5.32 Å². The molecule has 4 heteroatoms. The number of halogens is 3. The molecule has 2 rings (SSSR count). The maximum atomic E-state index is 13.3. The van der Waals surface area contributed by atoms with E-state index in [9.17, 15) is 13.2 Å². The van der Waals surface area contributed by atoms with Crippen LogP contribution in [0.25, 0.3) is 0 Å². The summed E-state index contributed by atoms with van der Waals surface area (Å²) >= 11 is 0. The Balaban J connectivity index is 2.55. The van der Waals surface area contributed by atoms with E-state index in [1.54, 1.807) is 12.1 Å². The molecule has 1 heterocycles. The number of alkyl halides is 3. The molecule has 1 aromatic rings. The molecule has 1 aromatic carbocycles. The largest absolute Gasteiger partial charge is 0.416 e. The Hall–Kier alpha value is -1.03. The average molecular weight is 285 g/mol. The van der Waals surface area contributed by atoms with Gasteiger partial charge in [0, 0.05) is 5.54 Å². The molecular formula is C16H22F3N. The van der Waals surface area contributed by atoms with Crippen molar-refractivity contribution in [1.82, 2.24) is 5.32 Å². The first kappa shape index (κ1) is 15.4. The Morgan fingerprint density at radius 3 is 2.45 bits per heavy atom. The first-order chi connectivity index (χ1) is 9.38. The quantitative estimate of drug-likeness (QED) is 0.829. The summed E-state index contributed by atoms with van der Waals surface area (Å²) in [6.07, 6.45) is -0.458. The molecule has 1 fully saturated rings. The molecule has 1 unspecified atom stereocenters. The van der Waals surface area contributed by atoms with Gasteiger partial charge in [0.1, 0.15) is 0 Å². The second-order valence-corrected chi connectivity index (χ2v) is 5.91. The minimum atomic E-state index is -4.30. The van der Waals surface area contributed by atoms with E-state index < -0.39 is 17.3 Å². The summed E-state index contributed by atoms with van der Waals surface area (Å²) in [4.78, 5) is 0. The summed E-state index contributed by atoms with van der Waals surface area (Å²) in [6.45, 7) is 4.79. The highest BCUT2D eigenvalue weighted by Gasteiger charge is 2.43. The number of hydrogen-bond acceptors (Lipinski definition) is 1. The van der Waals surface area contributed by atoms with E-state index in [0.29, 0.717) is 5.56 Å². The molecule has 20 heavy (non-hydrogen) atoms. The number of benzene rings is 1. The van der Waals surface area contributed by atoms with E-state index >= 15 is 0 Å². The first-order valence-electron chi connectivity index (χ1n) is 7.29. The molecule has 0 aromatic heterocycles. The number of rotatable bonds is 2. The fraction of sp³-hybridized carbons (Fsp3) is 0.625. The summed E-state index contributed by atoms with van der Waals surface area (Å²) in [5, 5.41) is 3.42. The fourth-order valence-electron chi connectivity index (χ4n) is 3.26. The summed E-state index contributed by atoms with van der Waals surface area (Å²) < 4.78 is 39.9. The summed E-state index contributed by atoms with van der Waals surface area (Å²) in [5.74, 6) is 0.115. The van der Waals surface area contributed by atoms with Crippen LogP contribution in [-0.4, -0.2) is 6.54 Å². The molecule has 1 N–H and O–H groups in total. The molecular weight excluding hydrogens is 263 g/mol. The summed E-state index contributed by atoms with van der Waals surface area (Å²) in [5.41, 5.74) is -0.657. The zero-order valence-electron chi connectivity index (χ0n) is 12.1. The highest BCUT2D eigenvalue weighted by molar-refractivity contribution is 5.36. The van der Waals surface area contributed by atoms with Crippen molar-refractivity contribution in [2.24, 2.45) is 5.92 Å². The van der Waals surface area contributed by atoms with E-state index in [1.165, 1.54) is 12.1 Å². The van der Waals surface area contributed by atoms with Crippen molar-refractivity contribution in [1.29, 1.82) is 0 Å². The molecule has 0 aliphatic carbocycles. The predicted molar refractivity (Wildman–Crippen MR) is 74.4 cm³/mol. The molecule has 112 valence electrons. The molecule has 0 bridgehead atoms. The van der Waals surface area contributed by atoms with Gasteiger partial charge in [0.25, 0.3) is 0 Å². The second kappa shape index (κ2) is 5.76. The van der Waals surface area contributed by atoms with Crippen LogP contribution in [0.15, 0.2) is 24.3 Å². The Bertz CT molecular complexity index is 443. The zero-order chi connectivity index (χ0) is 14.8. The van der Waals surface area contributed by atoms with Crippen LogP contribution in [0.4, 0.5) is 13.2 Å². The third-order valence-electron chi connectivity index (χ3n) is 4.39. The lowest BCUT2D eigenvalue weighted by Crippen LogP contribution is -2.47. The van der Waals surface area contributed by atoms with Gasteiger partial charge in [-0.3, -0.25) is 0 Å². The van der Waals surface area contributed by atoms with Gasteiger partial charge < -0.3 is 5.32 Å². The summed E-state index contributed by atoms with van der Waals surface area (Å²) in [6, 6.07) is 6.02. The maximum Gasteiger partial charge on any atom is 0.416 e. The van der Waals surface area contributed by atoms with Crippen LogP contribution in [0.3, 0.4) is 0 Å². The molecule has 0 radical (unpaired) electrons. The molecule has 1 atom stereocenters. The normalized spacial score (nSPS) is 24.7. The first-order valence-corrected chi connectivity index (χ1v) is 7.29. The van der Waals surface area contributed by atoms with Crippen molar-refractivity contribution in [3.05, 3.63) is 35.4 Å². The minimum absolute atomic E-state index is 0.115. The van der Waals surface area contributed by atoms with Gasteiger partial charge in [-0.2, -0.15) is 13.2 Å². The number of nitrogens with one attached hydrogen (secondary N) is 1.